The van der Waals surface area contributed by atoms with E-state index in [4.69, 9.17) is 35.3 Å². The molecule has 1 heterocycles. The predicted octanol–water partition coefficient (Wildman–Crippen LogP) is 4.08. The molecule has 2 aromatic rings. The Morgan fingerprint density at radius 2 is 1.35 bits per heavy atom. The lowest BCUT2D eigenvalue weighted by atomic mass is 9.82. The highest BCUT2D eigenvalue weighted by atomic mass is 35.5. The molecule has 0 aliphatic carbocycles. The molecule has 0 saturated carbocycles. The summed E-state index contributed by atoms with van der Waals surface area (Å²) in [6.07, 6.45) is 3.29. The van der Waals surface area contributed by atoms with Gasteiger partial charge in [-0.1, -0.05) is 29.8 Å². The lowest BCUT2D eigenvalue weighted by Gasteiger charge is -2.31. The van der Waals surface area contributed by atoms with Crippen molar-refractivity contribution in [1.29, 1.82) is 0 Å². The third-order valence-corrected chi connectivity index (χ3v) is 5.65. The van der Waals surface area contributed by atoms with Gasteiger partial charge in [0, 0.05) is 29.5 Å². The third kappa shape index (κ3) is 4.97. The Balaban J connectivity index is 2.18. The van der Waals surface area contributed by atoms with Gasteiger partial charge in [0.2, 0.25) is 5.75 Å². The zero-order valence-corrected chi connectivity index (χ0v) is 20.3. The van der Waals surface area contributed by atoms with E-state index >= 15 is 0 Å². The van der Waals surface area contributed by atoms with Crippen LogP contribution in [0.3, 0.4) is 0 Å². The number of hydrogen-bond donors (Lipinski definition) is 0. The van der Waals surface area contributed by atoms with Crippen molar-refractivity contribution in [2.24, 2.45) is 0 Å². The van der Waals surface area contributed by atoms with Crippen LogP contribution in [0, 0.1) is 0 Å². The molecule has 0 bridgehead atoms. The van der Waals surface area contributed by atoms with Crippen molar-refractivity contribution in [1.82, 2.24) is 4.90 Å². The van der Waals surface area contributed by atoms with Crippen LogP contribution in [0.25, 0.3) is 0 Å². The fourth-order valence-electron chi connectivity index (χ4n) is 3.87. The van der Waals surface area contributed by atoms with Crippen molar-refractivity contribution in [2.45, 2.75) is 12.5 Å². The number of benzene rings is 2. The molecule has 0 unspecified atom stereocenters. The van der Waals surface area contributed by atoms with Crippen LogP contribution in [-0.4, -0.2) is 52.4 Å². The van der Waals surface area contributed by atoms with Crippen LogP contribution in [0.5, 0.6) is 17.2 Å². The molecule has 180 valence electrons. The molecule has 0 amide bonds. The number of hydrogen-bond acceptors (Lipinski definition) is 8. The van der Waals surface area contributed by atoms with Crippen LogP contribution in [-0.2, 0) is 25.6 Å². The predicted molar refractivity (Wildman–Crippen MR) is 126 cm³/mol. The summed E-state index contributed by atoms with van der Waals surface area (Å²) in [5, 5.41) is 0.611. The standard InChI is InChI=1S/C25H26ClNO7/c1-30-20-11-10-17(22(31-2)23(20)32-3)21-18(24(28)33-4)13-27(14-19(21)25(29)34-5)12-15-6-8-16(26)9-7-15/h6-11,13-14,21H,12H2,1-5H3. The molecule has 34 heavy (non-hydrogen) atoms. The molecule has 3 rings (SSSR count). The first kappa shape index (κ1) is 25.0. The average Bonchev–Trinajstić information content (AvgIpc) is 2.87. The second-order valence-corrected chi connectivity index (χ2v) is 7.74. The minimum Gasteiger partial charge on any atom is -0.493 e. The van der Waals surface area contributed by atoms with Crippen molar-refractivity contribution >= 4 is 23.5 Å². The number of esters is 2. The molecule has 1 aliphatic heterocycles. The van der Waals surface area contributed by atoms with Gasteiger partial charge in [-0.15, -0.1) is 0 Å². The number of methoxy groups -OCH3 is 5. The van der Waals surface area contributed by atoms with Gasteiger partial charge in [-0.05, 0) is 23.8 Å². The molecule has 1 aliphatic rings. The van der Waals surface area contributed by atoms with Crippen molar-refractivity contribution < 1.29 is 33.3 Å². The first-order valence-electron chi connectivity index (χ1n) is 10.3. The Labute approximate surface area is 203 Å². The summed E-state index contributed by atoms with van der Waals surface area (Å²) >= 11 is 5.99. The van der Waals surface area contributed by atoms with Gasteiger partial charge in [0.15, 0.2) is 11.5 Å². The Morgan fingerprint density at radius 3 is 1.82 bits per heavy atom. The van der Waals surface area contributed by atoms with Gasteiger partial charge in [-0.2, -0.15) is 0 Å². The zero-order chi connectivity index (χ0) is 24.8. The lowest BCUT2D eigenvalue weighted by molar-refractivity contribution is -0.137. The van der Waals surface area contributed by atoms with Crippen molar-refractivity contribution in [3.63, 3.8) is 0 Å². The minimum absolute atomic E-state index is 0.227. The number of rotatable bonds is 8. The Hall–Kier alpha value is -3.65. The van der Waals surface area contributed by atoms with E-state index < -0.39 is 17.9 Å². The first-order valence-corrected chi connectivity index (χ1v) is 10.6. The van der Waals surface area contributed by atoms with Gasteiger partial charge in [0.25, 0.3) is 0 Å². The molecule has 0 radical (unpaired) electrons. The first-order chi connectivity index (χ1) is 16.4. The van der Waals surface area contributed by atoms with E-state index in [0.717, 1.165) is 5.56 Å². The molecule has 0 atom stereocenters. The zero-order valence-electron chi connectivity index (χ0n) is 19.6. The van der Waals surface area contributed by atoms with Crippen LogP contribution in [0.15, 0.2) is 59.9 Å². The molecule has 0 aromatic heterocycles. The van der Waals surface area contributed by atoms with E-state index in [0.29, 0.717) is 34.4 Å². The maximum atomic E-state index is 12.9. The van der Waals surface area contributed by atoms with Gasteiger partial charge in [-0.3, -0.25) is 0 Å². The smallest absolute Gasteiger partial charge is 0.336 e. The third-order valence-electron chi connectivity index (χ3n) is 5.40. The second-order valence-electron chi connectivity index (χ2n) is 7.31. The topological polar surface area (TPSA) is 83.5 Å². The SMILES string of the molecule is COC(=O)C1=CN(Cc2ccc(Cl)cc2)C=C(C(=O)OC)C1c1ccc(OC)c(OC)c1OC. The van der Waals surface area contributed by atoms with Crippen LogP contribution < -0.4 is 14.2 Å². The molecular formula is C25H26ClNO7. The quantitative estimate of drug-likeness (QED) is 0.515. The fourth-order valence-corrected chi connectivity index (χ4v) is 3.99. The maximum absolute atomic E-state index is 12.9. The fraction of sp³-hybridized carbons (Fsp3) is 0.280. The summed E-state index contributed by atoms with van der Waals surface area (Å²) in [6.45, 7) is 0.383. The molecular weight excluding hydrogens is 462 g/mol. The number of carbonyl (C=O) groups is 2. The second kappa shape index (κ2) is 11.0. The monoisotopic (exact) mass is 487 g/mol. The number of carbonyl (C=O) groups excluding carboxylic acids is 2. The normalized spacial score (nSPS) is 13.5. The summed E-state index contributed by atoms with van der Waals surface area (Å²) in [7, 11) is 7.02. The van der Waals surface area contributed by atoms with Crippen molar-refractivity contribution in [3.8, 4) is 17.2 Å². The highest BCUT2D eigenvalue weighted by Crippen LogP contribution is 2.48. The molecule has 9 heteroatoms. The molecule has 8 nitrogen and oxygen atoms in total. The molecule has 0 spiro atoms. The largest absolute Gasteiger partial charge is 0.493 e. The Bertz CT molecular complexity index is 1090. The summed E-state index contributed by atoms with van der Waals surface area (Å²) in [6, 6.07) is 10.7. The van der Waals surface area contributed by atoms with Gasteiger partial charge in [0.1, 0.15) is 0 Å². The van der Waals surface area contributed by atoms with Crippen LogP contribution in [0.1, 0.15) is 17.0 Å². The number of ether oxygens (including phenoxy) is 5. The Morgan fingerprint density at radius 1 is 0.794 bits per heavy atom. The maximum Gasteiger partial charge on any atom is 0.336 e. The van der Waals surface area contributed by atoms with Crippen LogP contribution in [0.4, 0.5) is 0 Å². The van der Waals surface area contributed by atoms with Crippen LogP contribution in [0.2, 0.25) is 5.02 Å². The molecule has 0 N–H and O–H groups in total. The van der Waals surface area contributed by atoms with Gasteiger partial charge < -0.3 is 28.6 Å². The highest BCUT2D eigenvalue weighted by Gasteiger charge is 2.38. The van der Waals surface area contributed by atoms with Crippen molar-refractivity contribution in [3.05, 3.63) is 76.1 Å². The minimum atomic E-state index is -0.837. The molecule has 0 fully saturated rings. The summed E-state index contributed by atoms with van der Waals surface area (Å²) in [5.41, 5.74) is 1.89. The number of nitrogens with zero attached hydrogens (tertiary/aromatic N) is 1. The summed E-state index contributed by atoms with van der Waals surface area (Å²) < 4.78 is 26.6. The van der Waals surface area contributed by atoms with Gasteiger partial charge in [-0.25, -0.2) is 9.59 Å². The van der Waals surface area contributed by atoms with Gasteiger partial charge >= 0.3 is 11.9 Å². The molecule has 0 saturated heterocycles. The van der Waals surface area contributed by atoms with E-state index in [2.05, 4.69) is 0 Å². The van der Waals surface area contributed by atoms with E-state index in [1.807, 2.05) is 12.1 Å². The van der Waals surface area contributed by atoms with E-state index in [1.165, 1.54) is 35.5 Å². The summed E-state index contributed by atoms with van der Waals surface area (Å²) in [5.74, 6) is -0.941. The van der Waals surface area contributed by atoms with E-state index in [9.17, 15) is 9.59 Å². The summed E-state index contributed by atoms with van der Waals surface area (Å²) in [4.78, 5) is 27.6. The van der Waals surface area contributed by atoms with Crippen LogP contribution >= 0.6 is 11.6 Å². The number of halogens is 1. The van der Waals surface area contributed by atoms with Gasteiger partial charge in [0.05, 0.1) is 52.6 Å². The van der Waals surface area contributed by atoms with E-state index in [-0.39, 0.29) is 11.1 Å². The average molecular weight is 488 g/mol. The Kier molecular flexibility index (Phi) is 8.07. The van der Waals surface area contributed by atoms with Crippen molar-refractivity contribution in [2.75, 3.05) is 35.5 Å². The lowest BCUT2D eigenvalue weighted by Crippen LogP contribution is -2.29. The highest BCUT2D eigenvalue weighted by molar-refractivity contribution is 6.30. The molecule has 2 aromatic carbocycles. The van der Waals surface area contributed by atoms with E-state index in [1.54, 1.807) is 41.6 Å².